The zero-order valence-corrected chi connectivity index (χ0v) is 10.1. The normalized spacial score (nSPS) is 32.1. The molecule has 0 spiro atoms. The number of methoxy groups -OCH3 is 1. The third kappa shape index (κ3) is 2.58. The van der Waals surface area contributed by atoms with Crippen LogP contribution >= 0.6 is 0 Å². The summed E-state index contributed by atoms with van der Waals surface area (Å²) in [5.74, 6) is -0.394. The van der Waals surface area contributed by atoms with Crippen molar-refractivity contribution in [3.8, 4) is 0 Å². The van der Waals surface area contributed by atoms with Crippen LogP contribution in [-0.2, 0) is 23.8 Å². The van der Waals surface area contributed by atoms with Crippen LogP contribution in [0.15, 0.2) is 0 Å². The molecule has 0 aromatic carbocycles. The summed E-state index contributed by atoms with van der Waals surface area (Å²) < 4.78 is 15.1. The number of amides is 1. The third-order valence-corrected chi connectivity index (χ3v) is 3.15. The first kappa shape index (κ1) is 12.3. The highest BCUT2D eigenvalue weighted by atomic mass is 16.6. The van der Waals surface area contributed by atoms with E-state index in [0.717, 1.165) is 0 Å². The Morgan fingerprint density at radius 1 is 1.53 bits per heavy atom. The van der Waals surface area contributed by atoms with Crippen molar-refractivity contribution in [2.75, 3.05) is 33.5 Å². The second-order valence-electron chi connectivity index (χ2n) is 4.53. The fourth-order valence-electron chi connectivity index (χ4n) is 1.90. The molecule has 0 radical (unpaired) electrons. The lowest BCUT2D eigenvalue weighted by Crippen LogP contribution is -2.53. The van der Waals surface area contributed by atoms with Crippen molar-refractivity contribution >= 4 is 11.9 Å². The van der Waals surface area contributed by atoms with E-state index in [-0.39, 0.29) is 24.3 Å². The van der Waals surface area contributed by atoms with Crippen LogP contribution < -0.4 is 0 Å². The van der Waals surface area contributed by atoms with Crippen LogP contribution in [0, 0.1) is 0 Å². The summed E-state index contributed by atoms with van der Waals surface area (Å²) in [6.45, 7) is 3.59. The lowest BCUT2D eigenvalue weighted by Gasteiger charge is -2.36. The van der Waals surface area contributed by atoms with Crippen molar-refractivity contribution < 1.29 is 23.8 Å². The third-order valence-electron chi connectivity index (χ3n) is 3.15. The molecule has 2 rings (SSSR count). The first-order valence-electron chi connectivity index (χ1n) is 5.66. The molecule has 96 valence electrons. The molecule has 0 saturated carbocycles. The maximum atomic E-state index is 12.2. The van der Waals surface area contributed by atoms with E-state index in [9.17, 15) is 9.59 Å². The first-order chi connectivity index (χ1) is 8.07. The van der Waals surface area contributed by atoms with E-state index in [2.05, 4.69) is 4.74 Å². The highest BCUT2D eigenvalue weighted by molar-refractivity contribution is 5.88. The van der Waals surface area contributed by atoms with Gasteiger partial charge in [-0.3, -0.25) is 9.59 Å². The largest absolute Gasteiger partial charge is 0.469 e. The van der Waals surface area contributed by atoms with Crippen LogP contribution in [0.5, 0.6) is 0 Å². The minimum Gasteiger partial charge on any atom is -0.469 e. The number of hydrogen-bond donors (Lipinski definition) is 0. The number of rotatable bonds is 3. The molecule has 2 aliphatic rings. The Morgan fingerprint density at radius 3 is 2.82 bits per heavy atom. The molecule has 2 atom stereocenters. The summed E-state index contributed by atoms with van der Waals surface area (Å²) >= 11 is 0. The van der Waals surface area contributed by atoms with E-state index < -0.39 is 5.60 Å². The van der Waals surface area contributed by atoms with Crippen LogP contribution in [0.1, 0.15) is 13.3 Å². The molecule has 0 aromatic heterocycles. The monoisotopic (exact) mass is 243 g/mol. The molecule has 2 unspecified atom stereocenters. The predicted octanol–water partition coefficient (Wildman–Crippen LogP) is -0.434. The second-order valence-corrected chi connectivity index (χ2v) is 4.53. The minimum atomic E-state index is -0.689. The highest BCUT2D eigenvalue weighted by Crippen LogP contribution is 2.30. The van der Waals surface area contributed by atoms with E-state index in [0.29, 0.717) is 26.4 Å². The SMILES string of the molecule is COC(=O)CC1COCCN1C(=O)C1(C)CO1. The summed E-state index contributed by atoms with van der Waals surface area (Å²) in [5.41, 5.74) is -0.689. The lowest BCUT2D eigenvalue weighted by molar-refractivity contribution is -0.151. The summed E-state index contributed by atoms with van der Waals surface area (Å²) in [6.07, 6.45) is 0.165. The molecule has 6 nitrogen and oxygen atoms in total. The number of carbonyl (C=O) groups excluding carboxylic acids is 2. The summed E-state index contributed by atoms with van der Waals surface area (Å²) in [5, 5.41) is 0. The molecule has 0 aliphatic carbocycles. The zero-order valence-electron chi connectivity index (χ0n) is 10.1. The molecule has 2 aliphatic heterocycles. The van der Waals surface area contributed by atoms with E-state index in [4.69, 9.17) is 9.47 Å². The number of esters is 1. The molecule has 1 amide bonds. The van der Waals surface area contributed by atoms with Gasteiger partial charge in [0.25, 0.3) is 5.91 Å². The fraction of sp³-hybridized carbons (Fsp3) is 0.818. The zero-order chi connectivity index (χ0) is 12.5. The Labute approximate surface area is 99.8 Å². The molecular weight excluding hydrogens is 226 g/mol. The minimum absolute atomic E-state index is 0.0605. The van der Waals surface area contributed by atoms with Gasteiger partial charge in [0.1, 0.15) is 0 Å². The molecule has 0 N–H and O–H groups in total. The van der Waals surface area contributed by atoms with Crippen LogP contribution in [0.25, 0.3) is 0 Å². The molecule has 2 saturated heterocycles. The topological polar surface area (TPSA) is 68.4 Å². The van der Waals surface area contributed by atoms with Gasteiger partial charge in [0.15, 0.2) is 5.60 Å². The predicted molar refractivity (Wildman–Crippen MR) is 57.3 cm³/mol. The van der Waals surface area contributed by atoms with E-state index >= 15 is 0 Å². The maximum absolute atomic E-state index is 12.2. The van der Waals surface area contributed by atoms with Crippen molar-refractivity contribution in [2.45, 2.75) is 25.0 Å². The number of carbonyl (C=O) groups is 2. The molecule has 17 heavy (non-hydrogen) atoms. The van der Waals surface area contributed by atoms with Gasteiger partial charge in [0, 0.05) is 6.54 Å². The van der Waals surface area contributed by atoms with Crippen molar-refractivity contribution in [1.82, 2.24) is 4.90 Å². The molecule has 0 bridgehead atoms. The number of epoxide rings is 1. The molecule has 2 heterocycles. The Balaban J connectivity index is 2.01. The van der Waals surface area contributed by atoms with Crippen LogP contribution in [-0.4, -0.2) is 61.9 Å². The smallest absolute Gasteiger partial charge is 0.307 e. The number of ether oxygens (including phenoxy) is 3. The van der Waals surface area contributed by atoms with Crippen molar-refractivity contribution in [3.05, 3.63) is 0 Å². The summed E-state index contributed by atoms with van der Waals surface area (Å²) in [4.78, 5) is 25.1. The quantitative estimate of drug-likeness (QED) is 0.497. The molecule has 6 heteroatoms. The average molecular weight is 243 g/mol. The second kappa shape index (κ2) is 4.62. The first-order valence-corrected chi connectivity index (χ1v) is 5.66. The van der Waals surface area contributed by atoms with Gasteiger partial charge in [-0.25, -0.2) is 0 Å². The van der Waals surface area contributed by atoms with E-state index in [1.54, 1.807) is 11.8 Å². The lowest BCUT2D eigenvalue weighted by atomic mass is 10.1. The van der Waals surface area contributed by atoms with Gasteiger partial charge >= 0.3 is 5.97 Å². The van der Waals surface area contributed by atoms with Gasteiger partial charge in [-0.1, -0.05) is 0 Å². The number of morpholine rings is 1. The van der Waals surface area contributed by atoms with E-state index in [1.807, 2.05) is 0 Å². The Morgan fingerprint density at radius 2 is 2.24 bits per heavy atom. The Bertz CT molecular complexity index is 326. The van der Waals surface area contributed by atoms with Gasteiger partial charge in [0.2, 0.25) is 0 Å². The van der Waals surface area contributed by atoms with Crippen molar-refractivity contribution in [3.63, 3.8) is 0 Å². The standard InChI is InChI=1S/C11H17NO5/c1-11(7-17-11)10(14)12-3-4-16-6-8(12)5-9(13)15-2/h8H,3-7H2,1-2H3. The fourth-order valence-corrected chi connectivity index (χ4v) is 1.90. The van der Waals surface area contributed by atoms with E-state index in [1.165, 1.54) is 7.11 Å². The summed E-state index contributed by atoms with van der Waals surface area (Å²) in [6, 6.07) is -0.246. The molecular formula is C11H17NO5. The number of hydrogen-bond acceptors (Lipinski definition) is 5. The van der Waals surface area contributed by atoms with Crippen LogP contribution in [0.4, 0.5) is 0 Å². The number of nitrogens with zero attached hydrogens (tertiary/aromatic N) is 1. The van der Waals surface area contributed by atoms with Crippen molar-refractivity contribution in [2.24, 2.45) is 0 Å². The Hall–Kier alpha value is -1.14. The highest BCUT2D eigenvalue weighted by Gasteiger charge is 2.51. The van der Waals surface area contributed by atoms with Gasteiger partial charge in [-0.2, -0.15) is 0 Å². The Kier molecular flexibility index (Phi) is 3.35. The van der Waals surface area contributed by atoms with Crippen LogP contribution in [0.2, 0.25) is 0 Å². The summed E-state index contributed by atoms with van der Waals surface area (Å²) in [7, 11) is 1.34. The van der Waals surface area contributed by atoms with Gasteiger partial charge < -0.3 is 19.1 Å². The van der Waals surface area contributed by atoms with Crippen molar-refractivity contribution in [1.29, 1.82) is 0 Å². The molecule has 2 fully saturated rings. The van der Waals surface area contributed by atoms with Gasteiger partial charge in [-0.05, 0) is 6.92 Å². The maximum Gasteiger partial charge on any atom is 0.307 e. The molecule has 0 aromatic rings. The van der Waals surface area contributed by atoms with Gasteiger partial charge in [0.05, 0.1) is 39.4 Å². The van der Waals surface area contributed by atoms with Gasteiger partial charge in [-0.15, -0.1) is 0 Å². The van der Waals surface area contributed by atoms with Crippen LogP contribution in [0.3, 0.4) is 0 Å². The average Bonchev–Trinajstić information content (AvgIpc) is 3.08.